The van der Waals surface area contributed by atoms with Gasteiger partial charge in [-0.15, -0.1) is 0 Å². The van der Waals surface area contributed by atoms with Crippen LogP contribution in [0.2, 0.25) is 0 Å². The lowest BCUT2D eigenvalue weighted by Gasteiger charge is -2.09. The summed E-state index contributed by atoms with van der Waals surface area (Å²) >= 11 is 0. The Hall–Kier alpha value is -2.62. The van der Waals surface area contributed by atoms with Crippen LogP contribution in [0, 0.1) is 6.92 Å². The largest absolute Gasteiger partial charge is 0.352 e. The van der Waals surface area contributed by atoms with E-state index < -0.39 is 0 Å². The quantitative estimate of drug-likeness (QED) is 0.718. The number of carbonyl (C=O) groups is 2. The normalized spacial score (nSPS) is 10.3. The molecule has 2 aromatic rings. The first-order valence-corrected chi connectivity index (χ1v) is 8.82. The van der Waals surface area contributed by atoms with E-state index in [9.17, 15) is 9.59 Å². The fourth-order valence-corrected chi connectivity index (χ4v) is 2.54. The number of aryl methyl sites for hydroxylation is 1. The van der Waals surface area contributed by atoms with E-state index in [4.69, 9.17) is 0 Å². The molecule has 25 heavy (non-hydrogen) atoms. The molecule has 0 saturated heterocycles. The van der Waals surface area contributed by atoms with Crippen molar-refractivity contribution in [1.82, 2.24) is 10.6 Å². The molecule has 0 radical (unpaired) electrons. The molecule has 0 aliphatic rings. The van der Waals surface area contributed by atoms with Crippen molar-refractivity contribution in [3.8, 4) is 0 Å². The Morgan fingerprint density at radius 3 is 2.04 bits per heavy atom. The van der Waals surface area contributed by atoms with Crippen molar-refractivity contribution in [2.24, 2.45) is 0 Å². The van der Waals surface area contributed by atoms with Crippen molar-refractivity contribution < 1.29 is 9.59 Å². The average molecular weight is 338 g/mol. The summed E-state index contributed by atoms with van der Waals surface area (Å²) in [6.07, 6.45) is 3.23. The summed E-state index contributed by atoms with van der Waals surface area (Å²) in [5, 5.41) is 5.81. The Labute approximate surface area is 149 Å². The minimum Gasteiger partial charge on any atom is -0.352 e. The number of hydrogen-bond donors (Lipinski definition) is 2. The average Bonchev–Trinajstić information content (AvgIpc) is 2.64. The summed E-state index contributed by atoms with van der Waals surface area (Å²) in [6.45, 7) is 5.33. The van der Waals surface area contributed by atoms with Crippen LogP contribution in [-0.4, -0.2) is 18.4 Å². The lowest BCUT2D eigenvalue weighted by Crippen LogP contribution is -2.25. The molecular weight excluding hydrogens is 312 g/mol. The fourth-order valence-electron chi connectivity index (χ4n) is 2.54. The second-order valence-corrected chi connectivity index (χ2v) is 6.15. The van der Waals surface area contributed by atoms with Crippen molar-refractivity contribution >= 4 is 11.8 Å². The van der Waals surface area contributed by atoms with Crippen LogP contribution >= 0.6 is 0 Å². The van der Waals surface area contributed by atoms with Crippen LogP contribution in [0.3, 0.4) is 0 Å². The van der Waals surface area contributed by atoms with Gasteiger partial charge < -0.3 is 10.6 Å². The second kappa shape index (κ2) is 9.62. The van der Waals surface area contributed by atoms with E-state index in [2.05, 4.69) is 17.6 Å². The van der Waals surface area contributed by atoms with E-state index in [0.29, 0.717) is 24.2 Å². The zero-order valence-electron chi connectivity index (χ0n) is 15.0. The van der Waals surface area contributed by atoms with Crippen LogP contribution < -0.4 is 10.6 Å². The van der Waals surface area contributed by atoms with Crippen molar-refractivity contribution in [1.29, 1.82) is 0 Å². The highest BCUT2D eigenvalue weighted by Gasteiger charge is 2.09. The molecule has 2 N–H and O–H groups in total. The Bertz CT molecular complexity index is 708. The first-order valence-electron chi connectivity index (χ1n) is 8.82. The maximum absolute atomic E-state index is 12.2. The molecule has 132 valence electrons. The first-order chi connectivity index (χ1) is 12.1. The fraction of sp³-hybridized carbons (Fsp3) is 0.333. The number of benzene rings is 2. The van der Waals surface area contributed by atoms with E-state index in [1.165, 1.54) is 0 Å². The predicted molar refractivity (Wildman–Crippen MR) is 101 cm³/mol. The number of unbranched alkanes of at least 4 members (excludes halogenated alkanes) is 2. The molecule has 2 rings (SSSR count). The topological polar surface area (TPSA) is 58.2 Å². The molecule has 0 aliphatic heterocycles. The third-order valence-corrected chi connectivity index (χ3v) is 4.18. The van der Waals surface area contributed by atoms with Gasteiger partial charge in [-0.05, 0) is 48.7 Å². The van der Waals surface area contributed by atoms with E-state index in [-0.39, 0.29) is 11.8 Å². The van der Waals surface area contributed by atoms with Crippen LogP contribution in [0.4, 0.5) is 0 Å². The summed E-state index contributed by atoms with van der Waals surface area (Å²) in [7, 11) is 0. The minimum atomic E-state index is -0.141. The monoisotopic (exact) mass is 338 g/mol. The van der Waals surface area contributed by atoms with Crippen LogP contribution in [0.15, 0.2) is 48.5 Å². The summed E-state index contributed by atoms with van der Waals surface area (Å²) in [6, 6.07) is 14.7. The zero-order valence-corrected chi connectivity index (χ0v) is 15.0. The molecule has 0 unspecified atom stereocenters. The van der Waals surface area contributed by atoms with Crippen molar-refractivity contribution in [2.75, 3.05) is 6.54 Å². The summed E-state index contributed by atoms with van der Waals surface area (Å²) in [5.41, 5.74) is 3.37. The van der Waals surface area contributed by atoms with E-state index in [1.807, 2.05) is 31.2 Å². The third-order valence-electron chi connectivity index (χ3n) is 4.18. The van der Waals surface area contributed by atoms with Gasteiger partial charge in [-0.1, -0.05) is 44.0 Å². The summed E-state index contributed by atoms with van der Waals surface area (Å²) < 4.78 is 0. The Kier molecular flexibility index (Phi) is 7.20. The Morgan fingerprint density at radius 2 is 1.44 bits per heavy atom. The van der Waals surface area contributed by atoms with Crippen molar-refractivity contribution in [2.45, 2.75) is 39.7 Å². The molecule has 0 atom stereocenters. The van der Waals surface area contributed by atoms with Gasteiger partial charge in [0, 0.05) is 24.2 Å². The molecule has 2 aromatic carbocycles. The highest BCUT2D eigenvalue weighted by Crippen LogP contribution is 2.08. The molecule has 0 aliphatic carbocycles. The number of carbonyl (C=O) groups excluding carboxylic acids is 2. The van der Waals surface area contributed by atoms with Gasteiger partial charge in [-0.3, -0.25) is 9.59 Å². The maximum atomic E-state index is 12.2. The van der Waals surface area contributed by atoms with E-state index >= 15 is 0 Å². The van der Waals surface area contributed by atoms with Gasteiger partial charge in [-0.25, -0.2) is 0 Å². The molecule has 4 nitrogen and oxygen atoms in total. The SMILES string of the molecule is CCCCCNC(=O)c1ccc(C(=O)NCc2ccccc2C)cc1. The zero-order chi connectivity index (χ0) is 18.1. The third kappa shape index (κ3) is 5.75. The number of hydrogen-bond acceptors (Lipinski definition) is 2. The van der Waals surface area contributed by atoms with Crippen molar-refractivity contribution in [3.63, 3.8) is 0 Å². The maximum Gasteiger partial charge on any atom is 0.251 e. The van der Waals surface area contributed by atoms with Crippen LogP contribution in [0.5, 0.6) is 0 Å². The molecule has 0 heterocycles. The molecule has 4 heteroatoms. The molecule has 0 bridgehead atoms. The Morgan fingerprint density at radius 1 is 0.840 bits per heavy atom. The van der Waals surface area contributed by atoms with Gasteiger partial charge in [0.2, 0.25) is 0 Å². The minimum absolute atomic E-state index is 0.0945. The number of amides is 2. The van der Waals surface area contributed by atoms with Crippen LogP contribution in [0.25, 0.3) is 0 Å². The molecule has 0 spiro atoms. The lowest BCUT2D eigenvalue weighted by molar-refractivity contribution is 0.0940. The smallest absolute Gasteiger partial charge is 0.251 e. The van der Waals surface area contributed by atoms with Gasteiger partial charge >= 0.3 is 0 Å². The van der Waals surface area contributed by atoms with Gasteiger partial charge in [0.15, 0.2) is 0 Å². The predicted octanol–water partition coefficient (Wildman–Crippen LogP) is 3.85. The van der Waals surface area contributed by atoms with Crippen molar-refractivity contribution in [3.05, 3.63) is 70.8 Å². The first kappa shape index (κ1) is 18.7. The van der Waals surface area contributed by atoms with Gasteiger partial charge in [0.25, 0.3) is 11.8 Å². The van der Waals surface area contributed by atoms with E-state index in [1.54, 1.807) is 24.3 Å². The number of rotatable bonds is 8. The van der Waals surface area contributed by atoms with Gasteiger partial charge in [0.1, 0.15) is 0 Å². The molecule has 0 fully saturated rings. The molecule has 0 saturated carbocycles. The highest BCUT2D eigenvalue weighted by molar-refractivity contribution is 5.97. The molecule has 0 aromatic heterocycles. The number of nitrogens with one attached hydrogen (secondary N) is 2. The molecule has 2 amide bonds. The highest BCUT2D eigenvalue weighted by atomic mass is 16.2. The summed E-state index contributed by atoms with van der Waals surface area (Å²) in [4.78, 5) is 24.3. The standard InChI is InChI=1S/C21H26N2O2/c1-3-4-7-14-22-20(24)17-10-12-18(13-11-17)21(25)23-15-19-9-6-5-8-16(19)2/h5-6,8-13H,3-4,7,14-15H2,1-2H3,(H,22,24)(H,23,25). The molecular formula is C21H26N2O2. The lowest BCUT2D eigenvalue weighted by atomic mass is 10.1. The van der Waals surface area contributed by atoms with Gasteiger partial charge in [-0.2, -0.15) is 0 Å². The van der Waals surface area contributed by atoms with Crippen LogP contribution in [-0.2, 0) is 6.54 Å². The second-order valence-electron chi connectivity index (χ2n) is 6.15. The van der Waals surface area contributed by atoms with Crippen LogP contribution in [0.1, 0.15) is 58.0 Å². The van der Waals surface area contributed by atoms with Gasteiger partial charge in [0.05, 0.1) is 0 Å². The van der Waals surface area contributed by atoms with E-state index in [0.717, 1.165) is 30.4 Å². The summed E-state index contributed by atoms with van der Waals surface area (Å²) in [5.74, 6) is -0.235. The Balaban J connectivity index is 1.87.